The zero-order chi connectivity index (χ0) is 16.4. The normalized spacial score (nSPS) is 18.3. The van der Waals surface area contributed by atoms with Crippen LogP contribution in [-0.4, -0.2) is 59.2 Å². The maximum Gasteiger partial charge on any atom is 0.227 e. The van der Waals surface area contributed by atoms with Crippen LogP contribution in [0.2, 0.25) is 0 Å². The molecule has 0 N–H and O–H groups in total. The summed E-state index contributed by atoms with van der Waals surface area (Å²) < 4.78 is 0. The molecule has 2 aromatic rings. The van der Waals surface area contributed by atoms with Crippen molar-refractivity contribution in [1.29, 1.82) is 0 Å². The minimum atomic E-state index is 0.820. The Morgan fingerprint density at radius 1 is 0.750 bits per heavy atom. The zero-order valence-electron chi connectivity index (χ0n) is 14.1. The van der Waals surface area contributed by atoms with Gasteiger partial charge in [0, 0.05) is 57.9 Å². The first-order valence-electron chi connectivity index (χ1n) is 8.66. The summed E-state index contributed by atoms with van der Waals surface area (Å²) in [5.41, 5.74) is 1.09. The van der Waals surface area contributed by atoms with Crippen LogP contribution in [0.4, 0.5) is 17.7 Å². The lowest BCUT2D eigenvalue weighted by molar-refractivity contribution is 0.633. The predicted octanol–water partition coefficient (Wildman–Crippen LogP) is 1.50. The first kappa shape index (κ1) is 15.1. The molecule has 0 bridgehead atoms. The molecule has 0 amide bonds. The third-order valence-electron chi connectivity index (χ3n) is 4.67. The van der Waals surface area contributed by atoms with Gasteiger partial charge in [-0.1, -0.05) is 0 Å². The van der Waals surface area contributed by atoms with Crippen molar-refractivity contribution in [2.24, 2.45) is 0 Å². The number of hydrogen-bond donors (Lipinski definition) is 0. The molecule has 0 atom stereocenters. The average molecular weight is 325 g/mol. The monoisotopic (exact) mass is 325 g/mol. The summed E-state index contributed by atoms with van der Waals surface area (Å²) in [6.45, 7) is 7.82. The minimum absolute atomic E-state index is 0.820. The van der Waals surface area contributed by atoms with Gasteiger partial charge in [0.2, 0.25) is 11.9 Å². The number of rotatable bonds is 3. The number of piperazine rings is 1. The number of anilines is 3. The third-order valence-corrected chi connectivity index (χ3v) is 4.67. The van der Waals surface area contributed by atoms with Crippen LogP contribution in [0, 0.1) is 6.92 Å². The van der Waals surface area contributed by atoms with Gasteiger partial charge in [0.1, 0.15) is 5.82 Å². The minimum Gasteiger partial charge on any atom is -0.353 e. The molecule has 4 heterocycles. The second-order valence-electron chi connectivity index (χ2n) is 6.44. The Morgan fingerprint density at radius 2 is 1.38 bits per heavy atom. The molecule has 2 fully saturated rings. The second-order valence-corrected chi connectivity index (χ2v) is 6.44. The van der Waals surface area contributed by atoms with Crippen LogP contribution in [0.15, 0.2) is 24.7 Å². The van der Waals surface area contributed by atoms with E-state index in [1.807, 2.05) is 31.6 Å². The van der Waals surface area contributed by atoms with Crippen LogP contribution in [0.25, 0.3) is 0 Å². The van der Waals surface area contributed by atoms with Gasteiger partial charge in [0.25, 0.3) is 0 Å². The first-order chi connectivity index (χ1) is 11.8. The van der Waals surface area contributed by atoms with Crippen molar-refractivity contribution in [3.8, 4) is 0 Å². The van der Waals surface area contributed by atoms with E-state index < -0.39 is 0 Å². The van der Waals surface area contributed by atoms with Crippen molar-refractivity contribution >= 4 is 17.7 Å². The Hall–Kier alpha value is -2.44. The quantitative estimate of drug-likeness (QED) is 0.847. The summed E-state index contributed by atoms with van der Waals surface area (Å²) in [4.78, 5) is 24.9. The molecule has 7 heteroatoms. The number of hydrogen-bond acceptors (Lipinski definition) is 7. The lowest BCUT2D eigenvalue weighted by Gasteiger charge is -2.35. The van der Waals surface area contributed by atoms with Crippen LogP contribution in [0.3, 0.4) is 0 Å². The fraction of sp³-hybridized carbons (Fsp3) is 0.529. The molecule has 0 spiro atoms. The van der Waals surface area contributed by atoms with E-state index in [-0.39, 0.29) is 0 Å². The van der Waals surface area contributed by atoms with E-state index in [1.165, 1.54) is 12.8 Å². The van der Waals surface area contributed by atoms with E-state index in [1.54, 1.807) is 0 Å². The lowest BCUT2D eigenvalue weighted by atomic mass is 10.3. The number of aromatic nitrogens is 4. The summed E-state index contributed by atoms with van der Waals surface area (Å²) in [5, 5.41) is 0. The van der Waals surface area contributed by atoms with Crippen LogP contribution in [0.1, 0.15) is 18.4 Å². The molecule has 126 valence electrons. The van der Waals surface area contributed by atoms with Gasteiger partial charge in [0.05, 0.1) is 0 Å². The summed E-state index contributed by atoms with van der Waals surface area (Å²) in [7, 11) is 0. The van der Waals surface area contributed by atoms with Crippen molar-refractivity contribution in [3.63, 3.8) is 0 Å². The third kappa shape index (κ3) is 3.11. The molecule has 0 unspecified atom stereocenters. The topological polar surface area (TPSA) is 61.3 Å². The van der Waals surface area contributed by atoms with Gasteiger partial charge < -0.3 is 14.7 Å². The SMILES string of the molecule is Cc1cnc(N2CCN(c3ccnc(N4CCCC4)n3)CC2)nc1. The Bertz CT molecular complexity index is 674. The predicted molar refractivity (Wildman–Crippen MR) is 94.7 cm³/mol. The molecule has 2 aromatic heterocycles. The fourth-order valence-corrected chi connectivity index (χ4v) is 3.27. The van der Waals surface area contributed by atoms with Crippen LogP contribution in [-0.2, 0) is 0 Å². The van der Waals surface area contributed by atoms with Crippen molar-refractivity contribution in [2.45, 2.75) is 19.8 Å². The number of aryl methyl sites for hydroxylation is 1. The van der Waals surface area contributed by atoms with E-state index in [9.17, 15) is 0 Å². The van der Waals surface area contributed by atoms with Gasteiger partial charge in [-0.15, -0.1) is 0 Å². The highest BCUT2D eigenvalue weighted by molar-refractivity contribution is 5.46. The highest BCUT2D eigenvalue weighted by Gasteiger charge is 2.21. The highest BCUT2D eigenvalue weighted by atomic mass is 15.3. The van der Waals surface area contributed by atoms with Gasteiger partial charge in [0.15, 0.2) is 0 Å². The maximum absolute atomic E-state index is 4.78. The van der Waals surface area contributed by atoms with E-state index in [0.29, 0.717) is 0 Å². The van der Waals surface area contributed by atoms with Crippen LogP contribution < -0.4 is 14.7 Å². The summed E-state index contributed by atoms with van der Waals surface area (Å²) >= 11 is 0. The zero-order valence-corrected chi connectivity index (χ0v) is 14.1. The molecule has 2 saturated heterocycles. The van der Waals surface area contributed by atoms with Gasteiger partial charge in [-0.05, 0) is 31.4 Å². The molecule has 0 aromatic carbocycles. The molecule has 0 radical (unpaired) electrons. The molecule has 2 aliphatic rings. The molecular formula is C17H23N7. The standard InChI is InChI=1S/C17H23N7/c1-14-12-19-16(20-13-14)24-10-8-22(9-11-24)15-4-5-18-17(21-15)23-6-2-3-7-23/h4-5,12-13H,2-3,6-11H2,1H3. The van der Waals surface area contributed by atoms with Crippen molar-refractivity contribution < 1.29 is 0 Å². The Morgan fingerprint density at radius 3 is 2.08 bits per heavy atom. The van der Waals surface area contributed by atoms with Gasteiger partial charge in [-0.2, -0.15) is 4.98 Å². The van der Waals surface area contributed by atoms with E-state index >= 15 is 0 Å². The molecule has 0 aliphatic carbocycles. The van der Waals surface area contributed by atoms with Crippen molar-refractivity contribution in [1.82, 2.24) is 19.9 Å². The Kier molecular flexibility index (Phi) is 4.15. The fourth-order valence-electron chi connectivity index (χ4n) is 3.27. The number of nitrogens with zero attached hydrogens (tertiary/aromatic N) is 7. The van der Waals surface area contributed by atoms with E-state index in [4.69, 9.17) is 4.98 Å². The van der Waals surface area contributed by atoms with Gasteiger partial charge >= 0.3 is 0 Å². The van der Waals surface area contributed by atoms with Crippen molar-refractivity contribution in [3.05, 3.63) is 30.2 Å². The molecule has 0 saturated carbocycles. The molecule has 24 heavy (non-hydrogen) atoms. The molecule has 4 rings (SSSR count). The van der Waals surface area contributed by atoms with E-state index in [2.05, 4.69) is 29.7 Å². The Balaban J connectivity index is 1.42. The second kappa shape index (κ2) is 6.59. The average Bonchev–Trinajstić information content (AvgIpc) is 3.17. The molecular weight excluding hydrogens is 302 g/mol. The lowest BCUT2D eigenvalue weighted by Crippen LogP contribution is -2.47. The summed E-state index contributed by atoms with van der Waals surface area (Å²) in [6, 6.07) is 2.01. The van der Waals surface area contributed by atoms with Crippen molar-refractivity contribution in [2.75, 3.05) is 54.0 Å². The Labute approximate surface area is 142 Å². The van der Waals surface area contributed by atoms with Crippen LogP contribution >= 0.6 is 0 Å². The van der Waals surface area contributed by atoms with Crippen LogP contribution in [0.5, 0.6) is 0 Å². The van der Waals surface area contributed by atoms with Gasteiger partial charge in [-0.25, -0.2) is 15.0 Å². The van der Waals surface area contributed by atoms with Gasteiger partial charge in [-0.3, -0.25) is 0 Å². The highest BCUT2D eigenvalue weighted by Crippen LogP contribution is 2.20. The molecule has 7 nitrogen and oxygen atoms in total. The maximum atomic E-state index is 4.78. The van der Waals surface area contributed by atoms with E-state index in [0.717, 1.165) is 62.5 Å². The largest absolute Gasteiger partial charge is 0.353 e. The molecule has 2 aliphatic heterocycles. The smallest absolute Gasteiger partial charge is 0.227 e. The summed E-state index contributed by atoms with van der Waals surface area (Å²) in [5.74, 6) is 2.71. The first-order valence-corrected chi connectivity index (χ1v) is 8.66. The summed E-state index contributed by atoms with van der Waals surface area (Å²) in [6.07, 6.45) is 8.11.